The summed E-state index contributed by atoms with van der Waals surface area (Å²) in [6.45, 7) is 2.18. The first-order chi connectivity index (χ1) is 14.6. The Morgan fingerprint density at radius 1 is 0.871 bits per heavy atom. The molecule has 3 nitrogen and oxygen atoms in total. The third kappa shape index (κ3) is 6.42. The maximum absolute atomic E-state index is 12.7. The maximum Gasteiger partial charge on any atom is 0.416 e. The third-order valence-corrected chi connectivity index (χ3v) is 6.63. The van der Waals surface area contributed by atoms with Gasteiger partial charge in [-0.2, -0.15) is 13.2 Å². The van der Waals surface area contributed by atoms with Crippen LogP contribution in [0.1, 0.15) is 34.6 Å². The molecule has 0 saturated carbocycles. The van der Waals surface area contributed by atoms with Gasteiger partial charge < -0.3 is 0 Å². The molecule has 7 heteroatoms. The zero-order valence-corrected chi connectivity index (χ0v) is 17.9. The topological polar surface area (TPSA) is 46.2 Å². The lowest BCUT2D eigenvalue weighted by Crippen LogP contribution is -2.26. The molecule has 0 aliphatic carbocycles. The van der Waals surface area contributed by atoms with Gasteiger partial charge in [0.15, 0.2) is 0 Å². The Morgan fingerprint density at radius 3 is 2.06 bits per heavy atom. The maximum atomic E-state index is 12.7. The smallest absolute Gasteiger partial charge is 0.211 e. The van der Waals surface area contributed by atoms with Crippen LogP contribution in [0.2, 0.25) is 0 Å². The van der Waals surface area contributed by atoms with Crippen molar-refractivity contribution in [3.8, 4) is 0 Å². The van der Waals surface area contributed by atoms with Crippen molar-refractivity contribution >= 4 is 10.0 Å². The molecule has 0 spiro atoms. The SMILES string of the molecule is Cc1ccc([C@H](CCNS(=O)(=O)c2ccc(C(F)(F)F)cc2)Cc2ccccc2)cc1. The molecule has 0 saturated heterocycles. The van der Waals surface area contributed by atoms with Gasteiger partial charge in [0.05, 0.1) is 10.5 Å². The van der Waals surface area contributed by atoms with E-state index in [1.165, 1.54) is 0 Å². The number of halogens is 3. The molecule has 3 aromatic rings. The summed E-state index contributed by atoms with van der Waals surface area (Å²) < 4.78 is 65.7. The quantitative estimate of drug-likeness (QED) is 0.481. The summed E-state index contributed by atoms with van der Waals surface area (Å²) in [7, 11) is -3.90. The highest BCUT2D eigenvalue weighted by atomic mass is 32.2. The Hall–Kier alpha value is -2.64. The molecule has 0 fully saturated rings. The molecule has 0 unspecified atom stereocenters. The first kappa shape index (κ1) is 23.0. The van der Waals surface area contributed by atoms with Crippen molar-refractivity contribution in [3.63, 3.8) is 0 Å². The first-order valence-corrected chi connectivity index (χ1v) is 11.4. The number of benzene rings is 3. The third-order valence-electron chi connectivity index (χ3n) is 5.15. The van der Waals surface area contributed by atoms with Gasteiger partial charge >= 0.3 is 6.18 Å². The standard InChI is InChI=1S/C24H24F3NO2S/c1-18-7-9-20(10-8-18)21(17-19-5-3-2-4-6-19)15-16-28-31(29,30)23-13-11-22(12-14-23)24(25,26)27/h2-14,21,28H,15-17H2,1H3/t21-/m1/s1. The number of hydrogen-bond acceptors (Lipinski definition) is 2. The first-order valence-electron chi connectivity index (χ1n) is 9.92. The summed E-state index contributed by atoms with van der Waals surface area (Å²) >= 11 is 0. The molecule has 0 bridgehead atoms. The highest BCUT2D eigenvalue weighted by molar-refractivity contribution is 7.89. The molecule has 0 heterocycles. The molecule has 0 aliphatic heterocycles. The molecule has 0 amide bonds. The Kier molecular flexibility index (Phi) is 7.18. The van der Waals surface area contributed by atoms with Crippen LogP contribution >= 0.6 is 0 Å². The number of sulfonamides is 1. The number of aryl methyl sites for hydroxylation is 1. The van der Waals surface area contributed by atoms with Crippen molar-refractivity contribution < 1.29 is 21.6 Å². The molecule has 3 rings (SSSR count). The van der Waals surface area contributed by atoms with Crippen LogP contribution in [0, 0.1) is 6.92 Å². The molecule has 164 valence electrons. The van der Waals surface area contributed by atoms with Crippen LogP contribution in [0.5, 0.6) is 0 Å². The zero-order valence-electron chi connectivity index (χ0n) is 17.1. The van der Waals surface area contributed by atoms with Gasteiger partial charge in [0.1, 0.15) is 0 Å². The second kappa shape index (κ2) is 9.66. The van der Waals surface area contributed by atoms with Crippen molar-refractivity contribution in [2.45, 2.75) is 36.8 Å². The van der Waals surface area contributed by atoms with Crippen LogP contribution in [-0.4, -0.2) is 15.0 Å². The molecule has 0 aliphatic rings. The van der Waals surface area contributed by atoms with E-state index in [1.807, 2.05) is 61.5 Å². The van der Waals surface area contributed by atoms with Crippen molar-refractivity contribution in [2.24, 2.45) is 0 Å². The van der Waals surface area contributed by atoms with Gasteiger partial charge in [0, 0.05) is 6.54 Å². The van der Waals surface area contributed by atoms with Crippen LogP contribution in [0.25, 0.3) is 0 Å². The minimum atomic E-state index is -4.51. The summed E-state index contributed by atoms with van der Waals surface area (Å²) in [5.41, 5.74) is 2.53. The number of alkyl halides is 3. The minimum absolute atomic E-state index is 0.0957. The largest absolute Gasteiger partial charge is 0.416 e. The van der Waals surface area contributed by atoms with Crippen LogP contribution in [0.3, 0.4) is 0 Å². The van der Waals surface area contributed by atoms with E-state index in [-0.39, 0.29) is 17.4 Å². The molecule has 0 radical (unpaired) electrons. The number of hydrogen-bond donors (Lipinski definition) is 1. The normalized spacial score (nSPS) is 13.2. The number of nitrogens with one attached hydrogen (secondary N) is 1. The van der Waals surface area contributed by atoms with Crippen LogP contribution in [0.15, 0.2) is 83.8 Å². The van der Waals surface area contributed by atoms with Crippen molar-refractivity contribution in [3.05, 3.63) is 101 Å². The predicted molar refractivity (Wildman–Crippen MR) is 115 cm³/mol. The van der Waals surface area contributed by atoms with Crippen molar-refractivity contribution in [1.29, 1.82) is 0 Å². The zero-order chi connectivity index (χ0) is 22.5. The Labute approximate surface area is 181 Å². The molecule has 0 aromatic heterocycles. The summed E-state index contributed by atoms with van der Waals surface area (Å²) in [5.74, 6) is 0.0957. The van der Waals surface area contributed by atoms with Gasteiger partial charge in [-0.15, -0.1) is 0 Å². The van der Waals surface area contributed by atoms with Crippen molar-refractivity contribution in [2.75, 3.05) is 6.54 Å². The Bertz CT molecular complexity index is 1080. The second-order valence-corrected chi connectivity index (χ2v) is 9.27. The van der Waals surface area contributed by atoms with E-state index in [2.05, 4.69) is 4.72 Å². The lowest BCUT2D eigenvalue weighted by molar-refractivity contribution is -0.137. The molecular formula is C24H24F3NO2S. The van der Waals surface area contributed by atoms with Crippen molar-refractivity contribution in [1.82, 2.24) is 4.72 Å². The van der Waals surface area contributed by atoms with E-state index >= 15 is 0 Å². The van der Waals surface area contributed by atoms with Gasteiger partial charge in [-0.3, -0.25) is 0 Å². The fourth-order valence-electron chi connectivity index (χ4n) is 3.40. The monoisotopic (exact) mass is 447 g/mol. The Balaban J connectivity index is 1.69. The van der Waals surface area contributed by atoms with Gasteiger partial charge in [-0.1, -0.05) is 60.2 Å². The molecule has 31 heavy (non-hydrogen) atoms. The molecule has 3 aromatic carbocycles. The van der Waals surface area contributed by atoms with E-state index in [0.29, 0.717) is 6.42 Å². The van der Waals surface area contributed by atoms with Gasteiger partial charge in [0.25, 0.3) is 0 Å². The van der Waals surface area contributed by atoms with Gasteiger partial charge in [-0.05, 0) is 61.1 Å². The van der Waals surface area contributed by atoms with Crippen LogP contribution in [-0.2, 0) is 22.6 Å². The lowest BCUT2D eigenvalue weighted by atomic mass is 9.89. The van der Waals surface area contributed by atoms with E-state index in [9.17, 15) is 21.6 Å². The minimum Gasteiger partial charge on any atom is -0.211 e. The highest BCUT2D eigenvalue weighted by Gasteiger charge is 2.30. The van der Waals surface area contributed by atoms with E-state index in [0.717, 1.165) is 47.4 Å². The number of rotatable bonds is 8. The predicted octanol–water partition coefficient (Wildman–Crippen LogP) is 5.71. The summed E-state index contributed by atoms with van der Waals surface area (Å²) in [5, 5.41) is 0. The van der Waals surface area contributed by atoms with E-state index < -0.39 is 21.8 Å². The molecule has 1 atom stereocenters. The van der Waals surface area contributed by atoms with Crippen LogP contribution in [0.4, 0.5) is 13.2 Å². The summed E-state index contributed by atoms with van der Waals surface area (Å²) in [4.78, 5) is -0.185. The van der Waals surface area contributed by atoms with E-state index in [4.69, 9.17) is 0 Å². The average molecular weight is 448 g/mol. The average Bonchev–Trinajstić information content (AvgIpc) is 2.74. The summed E-state index contributed by atoms with van der Waals surface area (Å²) in [6.07, 6.45) is -3.20. The summed E-state index contributed by atoms with van der Waals surface area (Å²) in [6, 6.07) is 21.6. The lowest BCUT2D eigenvalue weighted by Gasteiger charge is -2.18. The molecule has 1 N–H and O–H groups in total. The van der Waals surface area contributed by atoms with E-state index in [1.54, 1.807) is 0 Å². The second-order valence-electron chi connectivity index (χ2n) is 7.51. The van der Waals surface area contributed by atoms with Gasteiger partial charge in [0.2, 0.25) is 10.0 Å². The molecular weight excluding hydrogens is 423 g/mol. The van der Waals surface area contributed by atoms with Gasteiger partial charge in [-0.25, -0.2) is 13.1 Å². The Morgan fingerprint density at radius 2 is 1.48 bits per heavy atom. The fraction of sp³-hybridized carbons (Fsp3) is 0.250. The highest BCUT2D eigenvalue weighted by Crippen LogP contribution is 2.30. The van der Waals surface area contributed by atoms with Crippen LogP contribution < -0.4 is 4.72 Å². The fourth-order valence-corrected chi connectivity index (χ4v) is 4.45.